The Morgan fingerprint density at radius 2 is 2.11 bits per heavy atom. The van der Waals surface area contributed by atoms with Crippen LogP contribution in [-0.4, -0.2) is 69.6 Å². The minimum atomic E-state index is -3.30. The Bertz CT molecular complexity index is 960. The predicted molar refractivity (Wildman–Crippen MR) is 94.8 cm³/mol. The average Bonchev–Trinajstić information content (AvgIpc) is 2.89. The minimum absolute atomic E-state index is 0.106. The third-order valence-electron chi connectivity index (χ3n) is 5.32. The maximum absolute atomic E-state index is 12.7. The predicted octanol–water partition coefficient (Wildman–Crippen LogP) is 0.283. The van der Waals surface area contributed by atoms with Gasteiger partial charge in [-0.1, -0.05) is 0 Å². The summed E-state index contributed by atoms with van der Waals surface area (Å²) >= 11 is 0. The molecule has 1 spiro atoms. The highest BCUT2D eigenvalue weighted by atomic mass is 32.2. The largest absolute Gasteiger partial charge is 0.463 e. The Labute approximate surface area is 156 Å². The smallest absolute Gasteiger partial charge is 0.316 e. The van der Waals surface area contributed by atoms with Crippen molar-refractivity contribution < 1.29 is 17.9 Å². The number of hydrogen-bond donors (Lipinski definition) is 0. The van der Waals surface area contributed by atoms with Crippen LogP contribution in [0.5, 0.6) is 6.01 Å². The summed E-state index contributed by atoms with van der Waals surface area (Å²) in [7, 11) is -3.30. The van der Waals surface area contributed by atoms with E-state index >= 15 is 0 Å². The number of ether oxygens (including phenoxy) is 1. The number of carbonyl (C=O) groups is 1. The van der Waals surface area contributed by atoms with E-state index in [1.54, 1.807) is 18.3 Å². The molecular weight excluding hydrogens is 370 g/mol. The van der Waals surface area contributed by atoms with Crippen LogP contribution in [0.4, 0.5) is 0 Å². The lowest BCUT2D eigenvalue weighted by molar-refractivity contribution is 0.0403. The number of aromatic nitrogens is 4. The number of aryl methyl sites for hydroxylation is 1. The van der Waals surface area contributed by atoms with Gasteiger partial charge in [-0.15, -0.1) is 0 Å². The van der Waals surface area contributed by atoms with Gasteiger partial charge in [0, 0.05) is 30.9 Å². The molecule has 2 aliphatic rings. The first-order valence-corrected chi connectivity index (χ1v) is 10.3. The molecule has 0 aromatic carbocycles. The molecule has 142 valence electrons. The molecule has 9 nitrogen and oxygen atoms in total. The van der Waals surface area contributed by atoms with Crippen LogP contribution in [0, 0.1) is 12.8 Å². The topological polar surface area (TPSA) is 115 Å². The number of amides is 1. The molecule has 4 rings (SSSR count). The van der Waals surface area contributed by atoms with E-state index in [4.69, 9.17) is 4.74 Å². The van der Waals surface area contributed by atoms with Gasteiger partial charge >= 0.3 is 6.01 Å². The van der Waals surface area contributed by atoms with Crippen molar-refractivity contribution in [2.75, 3.05) is 25.4 Å². The van der Waals surface area contributed by atoms with Gasteiger partial charge in [-0.25, -0.2) is 18.4 Å². The zero-order valence-electron chi connectivity index (χ0n) is 14.8. The first-order chi connectivity index (χ1) is 12.9. The SMILES string of the molecule is Cc1ccnc(OCC2CCS(=O)(=O)C23CN(C(=O)c2ccnnc2)C3)n1. The molecule has 2 aromatic rings. The van der Waals surface area contributed by atoms with Crippen LogP contribution in [0.25, 0.3) is 0 Å². The molecular formula is C17H19N5O4S. The molecule has 1 amide bonds. The summed E-state index contributed by atoms with van der Waals surface area (Å²) in [5, 5.41) is 7.35. The van der Waals surface area contributed by atoms with E-state index < -0.39 is 14.6 Å². The summed E-state index contributed by atoms with van der Waals surface area (Å²) in [5.41, 5.74) is 1.18. The molecule has 0 N–H and O–H groups in total. The fraction of sp³-hybridized carbons (Fsp3) is 0.471. The van der Waals surface area contributed by atoms with E-state index in [9.17, 15) is 13.2 Å². The van der Waals surface area contributed by atoms with Crippen molar-refractivity contribution in [1.82, 2.24) is 25.1 Å². The Balaban J connectivity index is 1.47. The molecule has 27 heavy (non-hydrogen) atoms. The second-order valence-corrected chi connectivity index (χ2v) is 9.40. The normalized spacial score (nSPS) is 22.4. The highest BCUT2D eigenvalue weighted by Crippen LogP contribution is 2.45. The summed E-state index contributed by atoms with van der Waals surface area (Å²) in [4.78, 5) is 22.3. The monoisotopic (exact) mass is 389 g/mol. The molecule has 4 heterocycles. The molecule has 0 radical (unpaired) electrons. The number of hydrogen-bond acceptors (Lipinski definition) is 8. The lowest BCUT2D eigenvalue weighted by atomic mass is 9.83. The summed E-state index contributed by atoms with van der Waals surface area (Å²) < 4.78 is 30.1. The Morgan fingerprint density at radius 1 is 1.30 bits per heavy atom. The quantitative estimate of drug-likeness (QED) is 0.732. The van der Waals surface area contributed by atoms with Crippen molar-refractivity contribution in [3.63, 3.8) is 0 Å². The van der Waals surface area contributed by atoms with Gasteiger partial charge in [-0.3, -0.25) is 4.79 Å². The zero-order chi connectivity index (χ0) is 19.1. The second kappa shape index (κ2) is 6.52. The lowest BCUT2D eigenvalue weighted by Gasteiger charge is -2.49. The standard InChI is InChI=1S/C17H19N5O4S/c1-12-2-5-18-16(21-12)26-9-14-4-7-27(24,25)17(14)10-22(11-17)15(23)13-3-6-19-20-8-13/h2-3,5-6,8,14H,4,7,9-11H2,1H3. The van der Waals surface area contributed by atoms with Crippen LogP contribution >= 0.6 is 0 Å². The molecule has 2 fully saturated rings. The van der Waals surface area contributed by atoms with Gasteiger partial charge in [0.05, 0.1) is 30.3 Å². The van der Waals surface area contributed by atoms with Crippen LogP contribution in [-0.2, 0) is 9.84 Å². The number of rotatable bonds is 4. The molecule has 2 aliphatic heterocycles. The number of nitrogens with zero attached hydrogens (tertiary/aromatic N) is 5. The van der Waals surface area contributed by atoms with Gasteiger partial charge < -0.3 is 9.64 Å². The minimum Gasteiger partial charge on any atom is -0.463 e. The van der Waals surface area contributed by atoms with Crippen LogP contribution < -0.4 is 4.74 Å². The highest BCUT2D eigenvalue weighted by molar-refractivity contribution is 7.93. The van der Waals surface area contributed by atoms with Crippen LogP contribution in [0.15, 0.2) is 30.7 Å². The van der Waals surface area contributed by atoms with E-state index in [1.807, 2.05) is 6.92 Å². The maximum atomic E-state index is 12.7. The van der Waals surface area contributed by atoms with E-state index in [1.165, 1.54) is 17.3 Å². The number of likely N-dealkylation sites (tertiary alicyclic amines) is 1. The molecule has 2 aromatic heterocycles. The van der Waals surface area contributed by atoms with Gasteiger partial charge in [0.25, 0.3) is 5.91 Å². The fourth-order valence-electron chi connectivity index (χ4n) is 3.72. The summed E-state index contributed by atoms with van der Waals surface area (Å²) in [5.74, 6) is -0.334. The third kappa shape index (κ3) is 3.03. The molecule has 0 aliphatic carbocycles. The van der Waals surface area contributed by atoms with Crippen LogP contribution in [0.1, 0.15) is 22.5 Å². The maximum Gasteiger partial charge on any atom is 0.316 e. The second-order valence-electron chi connectivity index (χ2n) is 6.95. The Kier molecular flexibility index (Phi) is 4.29. The first kappa shape index (κ1) is 17.8. The van der Waals surface area contributed by atoms with E-state index in [0.717, 1.165) is 5.69 Å². The molecule has 0 bridgehead atoms. The number of carbonyl (C=O) groups excluding carboxylic acids is 1. The van der Waals surface area contributed by atoms with Crippen LogP contribution in [0.2, 0.25) is 0 Å². The molecule has 0 saturated carbocycles. The highest BCUT2D eigenvalue weighted by Gasteiger charge is 2.62. The van der Waals surface area contributed by atoms with Gasteiger partial charge in [0.1, 0.15) is 4.75 Å². The third-order valence-corrected chi connectivity index (χ3v) is 7.92. The van der Waals surface area contributed by atoms with Crippen molar-refractivity contribution in [2.24, 2.45) is 5.92 Å². The van der Waals surface area contributed by atoms with Gasteiger partial charge in [-0.2, -0.15) is 10.2 Å². The van der Waals surface area contributed by atoms with Crippen LogP contribution in [0.3, 0.4) is 0 Å². The molecule has 1 atom stereocenters. The van der Waals surface area contributed by atoms with E-state index in [2.05, 4.69) is 20.2 Å². The van der Waals surface area contributed by atoms with Crippen molar-refractivity contribution in [1.29, 1.82) is 0 Å². The fourth-order valence-corrected chi connectivity index (χ4v) is 6.12. The summed E-state index contributed by atoms with van der Waals surface area (Å²) in [6.45, 7) is 2.37. The summed E-state index contributed by atoms with van der Waals surface area (Å²) in [6, 6.07) is 3.57. The average molecular weight is 389 g/mol. The molecule has 2 saturated heterocycles. The first-order valence-electron chi connectivity index (χ1n) is 8.62. The Morgan fingerprint density at radius 3 is 2.81 bits per heavy atom. The zero-order valence-corrected chi connectivity index (χ0v) is 15.6. The van der Waals surface area contributed by atoms with Gasteiger partial charge in [0.15, 0.2) is 9.84 Å². The van der Waals surface area contributed by atoms with E-state index in [0.29, 0.717) is 12.0 Å². The van der Waals surface area contributed by atoms with Gasteiger partial charge in [-0.05, 0) is 25.5 Å². The van der Waals surface area contributed by atoms with Gasteiger partial charge in [0.2, 0.25) is 0 Å². The van der Waals surface area contributed by atoms with Crippen molar-refractivity contribution in [3.05, 3.63) is 42.0 Å². The van der Waals surface area contributed by atoms with E-state index in [-0.39, 0.29) is 43.3 Å². The lowest BCUT2D eigenvalue weighted by Crippen LogP contribution is -2.68. The Hall–Kier alpha value is -2.62. The number of sulfone groups is 1. The van der Waals surface area contributed by atoms with Crippen molar-refractivity contribution >= 4 is 15.7 Å². The van der Waals surface area contributed by atoms with Crippen molar-refractivity contribution in [3.8, 4) is 6.01 Å². The van der Waals surface area contributed by atoms with Crippen molar-refractivity contribution in [2.45, 2.75) is 18.1 Å². The molecule has 1 unspecified atom stereocenters. The summed E-state index contributed by atoms with van der Waals surface area (Å²) in [6.07, 6.45) is 4.93. The molecule has 10 heteroatoms.